The van der Waals surface area contributed by atoms with Gasteiger partial charge in [-0.1, -0.05) is 6.92 Å². The molecule has 0 aliphatic rings. The summed E-state index contributed by atoms with van der Waals surface area (Å²) >= 11 is 0. The minimum absolute atomic E-state index is 0.183. The smallest absolute Gasteiger partial charge is 0.0591 e. The molecule has 1 unspecified atom stereocenters. The first-order valence-electron chi connectivity index (χ1n) is 4.36. The van der Waals surface area contributed by atoms with Crippen LogP contribution in [-0.4, -0.2) is 21.9 Å². The zero-order valence-electron chi connectivity index (χ0n) is 7.80. The van der Waals surface area contributed by atoms with Crippen LogP contribution in [-0.2, 0) is 0 Å². The molecule has 0 heterocycles. The Bertz CT molecular complexity index is 94.2. The van der Waals surface area contributed by atoms with Gasteiger partial charge in [0.1, 0.15) is 0 Å². The highest BCUT2D eigenvalue weighted by Gasteiger charge is 2.12. The zero-order valence-corrected chi connectivity index (χ0v) is 7.80. The maximum Gasteiger partial charge on any atom is 0.0591 e. The van der Waals surface area contributed by atoms with E-state index in [-0.39, 0.29) is 6.10 Å². The number of hydrogen-bond acceptors (Lipinski definition) is 2. The third-order valence-corrected chi connectivity index (χ3v) is 1.80. The van der Waals surface area contributed by atoms with Crippen molar-refractivity contribution in [1.82, 2.24) is 0 Å². The summed E-state index contributed by atoms with van der Waals surface area (Å²) in [4.78, 5) is 0. The summed E-state index contributed by atoms with van der Waals surface area (Å²) in [6.45, 7) is 5.56. The van der Waals surface area contributed by atoms with Gasteiger partial charge >= 0.3 is 0 Å². The fourth-order valence-corrected chi connectivity index (χ4v) is 0.974. The van der Waals surface area contributed by atoms with Crippen molar-refractivity contribution in [1.29, 1.82) is 0 Å². The van der Waals surface area contributed by atoms with Crippen LogP contribution in [0.3, 0.4) is 0 Å². The molecule has 68 valence electrons. The van der Waals surface area contributed by atoms with Crippen LogP contribution < -0.4 is 0 Å². The van der Waals surface area contributed by atoms with E-state index in [1.807, 2.05) is 6.92 Å². The predicted molar refractivity (Wildman–Crippen MR) is 46.4 cm³/mol. The van der Waals surface area contributed by atoms with E-state index in [4.69, 9.17) is 0 Å². The first-order valence-corrected chi connectivity index (χ1v) is 4.36. The van der Waals surface area contributed by atoms with E-state index in [0.717, 1.165) is 25.7 Å². The van der Waals surface area contributed by atoms with E-state index in [2.05, 4.69) is 0 Å². The van der Waals surface area contributed by atoms with Crippen LogP contribution in [0.15, 0.2) is 0 Å². The van der Waals surface area contributed by atoms with E-state index in [1.165, 1.54) is 0 Å². The van der Waals surface area contributed by atoms with Crippen LogP contribution in [0.25, 0.3) is 0 Å². The lowest BCUT2D eigenvalue weighted by Crippen LogP contribution is -2.18. The van der Waals surface area contributed by atoms with Gasteiger partial charge in [0, 0.05) is 0 Å². The van der Waals surface area contributed by atoms with E-state index in [0.29, 0.717) is 0 Å². The Kier molecular flexibility index (Phi) is 4.69. The van der Waals surface area contributed by atoms with Gasteiger partial charge < -0.3 is 10.2 Å². The lowest BCUT2D eigenvalue weighted by Gasteiger charge is -2.17. The van der Waals surface area contributed by atoms with Crippen LogP contribution in [0.2, 0.25) is 0 Å². The lowest BCUT2D eigenvalue weighted by molar-refractivity contribution is 0.0617. The van der Waals surface area contributed by atoms with Crippen molar-refractivity contribution in [2.75, 3.05) is 0 Å². The minimum Gasteiger partial charge on any atom is -0.393 e. The van der Waals surface area contributed by atoms with Crippen molar-refractivity contribution >= 4 is 0 Å². The molecule has 0 aliphatic carbocycles. The summed E-state index contributed by atoms with van der Waals surface area (Å²) in [5.41, 5.74) is -0.576. The quantitative estimate of drug-likeness (QED) is 0.642. The fraction of sp³-hybridized carbons (Fsp3) is 1.00. The summed E-state index contributed by atoms with van der Waals surface area (Å²) < 4.78 is 0. The third kappa shape index (κ3) is 7.82. The standard InChI is InChI=1S/C9H20O2/c1-4-8(10)6-5-7-9(2,3)11/h8,10-11H,4-7H2,1-3H3. The molecule has 0 amide bonds. The second-order valence-corrected chi connectivity index (χ2v) is 3.77. The van der Waals surface area contributed by atoms with Gasteiger partial charge in [-0.15, -0.1) is 0 Å². The molecule has 0 aliphatic heterocycles. The van der Waals surface area contributed by atoms with Gasteiger partial charge in [0.2, 0.25) is 0 Å². The van der Waals surface area contributed by atoms with Crippen LogP contribution in [0, 0.1) is 0 Å². The van der Waals surface area contributed by atoms with Crippen molar-refractivity contribution in [3.05, 3.63) is 0 Å². The molecule has 0 saturated heterocycles. The predicted octanol–water partition coefficient (Wildman–Crippen LogP) is 1.70. The Morgan fingerprint density at radius 2 is 1.91 bits per heavy atom. The zero-order chi connectivity index (χ0) is 8.91. The molecular formula is C9H20O2. The lowest BCUT2D eigenvalue weighted by atomic mass is 9.99. The molecule has 0 aromatic rings. The van der Waals surface area contributed by atoms with Crippen LogP contribution in [0.5, 0.6) is 0 Å². The Hall–Kier alpha value is -0.0800. The SMILES string of the molecule is CCC(O)CCCC(C)(C)O. The average Bonchev–Trinajstić information content (AvgIpc) is 1.85. The molecule has 0 spiro atoms. The highest BCUT2D eigenvalue weighted by molar-refractivity contribution is 4.65. The summed E-state index contributed by atoms with van der Waals surface area (Å²) in [6.07, 6.45) is 3.10. The maximum absolute atomic E-state index is 9.32. The highest BCUT2D eigenvalue weighted by Crippen LogP contribution is 2.13. The number of rotatable bonds is 5. The molecule has 0 bridgehead atoms. The molecule has 0 fully saturated rings. The first-order chi connectivity index (χ1) is 4.95. The second-order valence-electron chi connectivity index (χ2n) is 3.77. The Morgan fingerprint density at radius 1 is 1.36 bits per heavy atom. The van der Waals surface area contributed by atoms with Crippen LogP contribution in [0.1, 0.15) is 46.5 Å². The Balaban J connectivity index is 3.28. The molecule has 11 heavy (non-hydrogen) atoms. The van der Waals surface area contributed by atoms with E-state index in [9.17, 15) is 10.2 Å². The summed E-state index contributed by atoms with van der Waals surface area (Å²) in [6, 6.07) is 0. The van der Waals surface area contributed by atoms with E-state index >= 15 is 0 Å². The van der Waals surface area contributed by atoms with Crippen molar-refractivity contribution in [3.8, 4) is 0 Å². The number of hydrogen-bond donors (Lipinski definition) is 2. The fourth-order valence-electron chi connectivity index (χ4n) is 0.974. The van der Waals surface area contributed by atoms with E-state index in [1.54, 1.807) is 13.8 Å². The van der Waals surface area contributed by atoms with Gasteiger partial charge in [0.15, 0.2) is 0 Å². The molecule has 0 radical (unpaired) electrons. The van der Waals surface area contributed by atoms with Gasteiger partial charge in [-0.3, -0.25) is 0 Å². The topological polar surface area (TPSA) is 40.5 Å². The molecular weight excluding hydrogens is 140 g/mol. The molecule has 0 saturated carbocycles. The van der Waals surface area contributed by atoms with Gasteiger partial charge in [-0.2, -0.15) is 0 Å². The van der Waals surface area contributed by atoms with Crippen LogP contribution in [0.4, 0.5) is 0 Å². The molecule has 0 rings (SSSR count). The van der Waals surface area contributed by atoms with Gasteiger partial charge in [0.25, 0.3) is 0 Å². The maximum atomic E-state index is 9.32. The van der Waals surface area contributed by atoms with Crippen molar-refractivity contribution < 1.29 is 10.2 Å². The summed E-state index contributed by atoms with van der Waals surface area (Å²) in [5, 5.41) is 18.5. The first kappa shape index (κ1) is 10.9. The molecule has 0 aromatic carbocycles. The molecule has 1 atom stereocenters. The normalized spacial score (nSPS) is 15.0. The van der Waals surface area contributed by atoms with Crippen LogP contribution >= 0.6 is 0 Å². The molecule has 2 heteroatoms. The van der Waals surface area contributed by atoms with Gasteiger partial charge in [-0.05, 0) is 39.5 Å². The Labute approximate surface area is 69.2 Å². The molecule has 2 nitrogen and oxygen atoms in total. The van der Waals surface area contributed by atoms with Crippen molar-refractivity contribution in [3.63, 3.8) is 0 Å². The summed E-state index contributed by atoms with van der Waals surface area (Å²) in [7, 11) is 0. The highest BCUT2D eigenvalue weighted by atomic mass is 16.3. The second kappa shape index (κ2) is 4.73. The largest absolute Gasteiger partial charge is 0.393 e. The monoisotopic (exact) mass is 160 g/mol. The summed E-state index contributed by atoms with van der Waals surface area (Å²) in [5.74, 6) is 0. The molecule has 2 N–H and O–H groups in total. The van der Waals surface area contributed by atoms with Crippen molar-refractivity contribution in [2.24, 2.45) is 0 Å². The average molecular weight is 160 g/mol. The number of aliphatic hydroxyl groups is 2. The van der Waals surface area contributed by atoms with Gasteiger partial charge in [0.05, 0.1) is 11.7 Å². The minimum atomic E-state index is -0.576. The van der Waals surface area contributed by atoms with Gasteiger partial charge in [-0.25, -0.2) is 0 Å². The third-order valence-electron chi connectivity index (χ3n) is 1.80. The van der Waals surface area contributed by atoms with E-state index < -0.39 is 5.60 Å². The van der Waals surface area contributed by atoms with Crippen molar-refractivity contribution in [2.45, 2.75) is 58.2 Å². The Morgan fingerprint density at radius 3 is 2.27 bits per heavy atom. The molecule has 0 aromatic heterocycles. The number of aliphatic hydroxyl groups excluding tert-OH is 1.